The molecule has 1 saturated heterocycles. The molecular weight excluding hydrogens is 410 g/mol. The van der Waals surface area contributed by atoms with E-state index in [1.807, 2.05) is 23.1 Å². The van der Waals surface area contributed by atoms with Crippen molar-refractivity contribution in [1.82, 2.24) is 4.98 Å². The van der Waals surface area contributed by atoms with E-state index in [1.54, 1.807) is 7.11 Å². The molecule has 1 amide bonds. The van der Waals surface area contributed by atoms with Crippen LogP contribution in [0.25, 0.3) is 10.2 Å². The zero-order chi connectivity index (χ0) is 20.8. The van der Waals surface area contributed by atoms with Crippen LogP contribution in [0.3, 0.4) is 0 Å². The fourth-order valence-corrected chi connectivity index (χ4v) is 4.03. The summed E-state index contributed by atoms with van der Waals surface area (Å²) in [6, 6.07) is 7.96. The number of benzene rings is 2. The van der Waals surface area contributed by atoms with Crippen molar-refractivity contribution in [2.24, 2.45) is 5.92 Å². The van der Waals surface area contributed by atoms with Gasteiger partial charge in [0.05, 0.1) is 28.8 Å². The van der Waals surface area contributed by atoms with E-state index in [4.69, 9.17) is 4.74 Å². The smallest absolute Gasteiger partial charge is 0.419 e. The van der Waals surface area contributed by atoms with Crippen LogP contribution in [0, 0.1) is 11.7 Å². The lowest BCUT2D eigenvalue weighted by atomic mass is 10.00. The number of nitrogens with one attached hydrogen (secondary N) is 1. The molecule has 3 aromatic rings. The highest BCUT2D eigenvalue weighted by Crippen LogP contribution is 2.36. The first-order valence-corrected chi connectivity index (χ1v) is 9.43. The normalized spacial score (nSPS) is 14.7. The van der Waals surface area contributed by atoms with Crippen LogP contribution in [-0.4, -0.2) is 31.1 Å². The molecule has 0 saturated carbocycles. The summed E-state index contributed by atoms with van der Waals surface area (Å²) >= 11 is 1.47. The van der Waals surface area contributed by atoms with Gasteiger partial charge in [-0.15, -0.1) is 0 Å². The van der Waals surface area contributed by atoms with Crippen LogP contribution in [0.2, 0.25) is 0 Å². The first-order chi connectivity index (χ1) is 13.7. The van der Waals surface area contributed by atoms with Gasteiger partial charge in [-0.1, -0.05) is 11.3 Å². The number of amides is 1. The highest BCUT2D eigenvalue weighted by molar-refractivity contribution is 7.22. The molecule has 0 atom stereocenters. The van der Waals surface area contributed by atoms with Crippen molar-refractivity contribution in [2.75, 3.05) is 30.4 Å². The molecule has 2 heterocycles. The molecule has 0 unspecified atom stereocenters. The molecule has 1 fully saturated rings. The Kier molecular flexibility index (Phi) is 4.81. The molecule has 0 radical (unpaired) electrons. The summed E-state index contributed by atoms with van der Waals surface area (Å²) in [5.74, 6) is -1.46. The Bertz CT molecular complexity index is 1080. The van der Waals surface area contributed by atoms with Gasteiger partial charge in [-0.05, 0) is 36.4 Å². The predicted molar refractivity (Wildman–Crippen MR) is 102 cm³/mol. The van der Waals surface area contributed by atoms with Crippen molar-refractivity contribution >= 4 is 38.3 Å². The number of methoxy groups -OCH3 is 1. The largest absolute Gasteiger partial charge is 0.497 e. The molecule has 0 bridgehead atoms. The number of halogens is 4. The zero-order valence-electron chi connectivity index (χ0n) is 15.1. The third-order valence-corrected chi connectivity index (χ3v) is 5.73. The Balaban J connectivity index is 1.41. The van der Waals surface area contributed by atoms with E-state index in [-0.39, 0.29) is 5.69 Å². The third-order valence-electron chi connectivity index (χ3n) is 4.65. The van der Waals surface area contributed by atoms with E-state index in [1.165, 1.54) is 11.3 Å². The number of ether oxygens (including phenoxy) is 1. The van der Waals surface area contributed by atoms with Gasteiger partial charge >= 0.3 is 6.18 Å². The lowest BCUT2D eigenvalue weighted by Gasteiger charge is -2.37. The number of aromatic nitrogens is 1. The van der Waals surface area contributed by atoms with Crippen LogP contribution in [-0.2, 0) is 11.0 Å². The van der Waals surface area contributed by atoms with Gasteiger partial charge in [0.25, 0.3) is 0 Å². The quantitative estimate of drug-likeness (QED) is 0.624. The van der Waals surface area contributed by atoms with Crippen LogP contribution < -0.4 is 15.0 Å². The first-order valence-electron chi connectivity index (χ1n) is 8.62. The number of thiazole rings is 1. The van der Waals surface area contributed by atoms with Crippen molar-refractivity contribution in [2.45, 2.75) is 6.18 Å². The SMILES string of the molecule is COc1ccc2nc(N3CC(C(=O)Nc4ccc(F)c(C(F)(F)F)c4)C3)sc2c1. The topological polar surface area (TPSA) is 54.5 Å². The van der Waals surface area contributed by atoms with Crippen molar-refractivity contribution in [3.63, 3.8) is 0 Å². The first kappa shape index (κ1) is 19.4. The molecule has 0 aliphatic carbocycles. The van der Waals surface area contributed by atoms with E-state index in [2.05, 4.69) is 10.3 Å². The Morgan fingerprint density at radius 1 is 1.24 bits per heavy atom. The second-order valence-electron chi connectivity index (χ2n) is 6.61. The number of fused-ring (bicyclic) bond motifs is 1. The maximum absolute atomic E-state index is 13.4. The minimum atomic E-state index is -4.83. The number of hydrogen-bond acceptors (Lipinski definition) is 5. The highest BCUT2D eigenvalue weighted by Gasteiger charge is 2.36. The number of carbonyl (C=O) groups is 1. The van der Waals surface area contributed by atoms with Gasteiger partial charge in [-0.25, -0.2) is 9.37 Å². The Morgan fingerprint density at radius 2 is 2.00 bits per heavy atom. The van der Waals surface area contributed by atoms with Crippen molar-refractivity contribution in [1.29, 1.82) is 0 Å². The van der Waals surface area contributed by atoms with Crippen molar-refractivity contribution in [3.8, 4) is 5.75 Å². The molecule has 1 N–H and O–H groups in total. The minimum Gasteiger partial charge on any atom is -0.497 e. The fourth-order valence-electron chi connectivity index (χ4n) is 3.02. The van der Waals surface area contributed by atoms with Gasteiger partial charge in [0.2, 0.25) is 5.91 Å². The Morgan fingerprint density at radius 3 is 2.69 bits per heavy atom. The van der Waals surface area contributed by atoms with Gasteiger partial charge in [0.1, 0.15) is 11.6 Å². The zero-order valence-corrected chi connectivity index (χ0v) is 15.9. The van der Waals surface area contributed by atoms with E-state index in [0.717, 1.165) is 27.2 Å². The van der Waals surface area contributed by atoms with Crippen LogP contribution in [0.5, 0.6) is 5.75 Å². The van der Waals surface area contributed by atoms with Crippen LogP contribution in [0.4, 0.5) is 28.4 Å². The minimum absolute atomic E-state index is 0.0887. The molecular formula is C19H15F4N3O2S. The summed E-state index contributed by atoms with van der Waals surface area (Å²) in [6.45, 7) is 0.798. The molecule has 2 aromatic carbocycles. The average Bonchev–Trinajstić information content (AvgIpc) is 3.03. The number of nitrogens with zero attached hydrogens (tertiary/aromatic N) is 2. The molecule has 152 valence electrons. The summed E-state index contributed by atoms with van der Waals surface area (Å²) in [7, 11) is 1.58. The van der Waals surface area contributed by atoms with E-state index >= 15 is 0 Å². The molecule has 1 aliphatic rings. The van der Waals surface area contributed by atoms with Gasteiger partial charge in [0.15, 0.2) is 5.13 Å². The maximum Gasteiger partial charge on any atom is 0.419 e. The maximum atomic E-state index is 13.4. The summed E-state index contributed by atoms with van der Waals surface area (Å²) in [5, 5.41) is 3.19. The van der Waals surface area contributed by atoms with Crippen LogP contribution in [0.1, 0.15) is 5.56 Å². The second kappa shape index (κ2) is 7.18. The highest BCUT2D eigenvalue weighted by atomic mass is 32.1. The summed E-state index contributed by atoms with van der Waals surface area (Å²) in [4.78, 5) is 18.8. The summed E-state index contributed by atoms with van der Waals surface area (Å²) in [6.07, 6.45) is -4.83. The molecule has 1 aliphatic heterocycles. The lowest BCUT2D eigenvalue weighted by molar-refractivity contribution is -0.140. The Hall–Kier alpha value is -2.88. The molecule has 0 spiro atoms. The van der Waals surface area contributed by atoms with Crippen molar-refractivity contribution in [3.05, 3.63) is 47.8 Å². The van der Waals surface area contributed by atoms with Gasteiger partial charge in [-0.2, -0.15) is 13.2 Å². The lowest BCUT2D eigenvalue weighted by Crippen LogP contribution is -2.52. The van der Waals surface area contributed by atoms with E-state index in [0.29, 0.717) is 25.2 Å². The van der Waals surface area contributed by atoms with Gasteiger partial charge < -0.3 is 15.0 Å². The predicted octanol–water partition coefficient (Wildman–Crippen LogP) is 4.54. The van der Waals surface area contributed by atoms with E-state index < -0.39 is 29.4 Å². The molecule has 1 aromatic heterocycles. The van der Waals surface area contributed by atoms with E-state index in [9.17, 15) is 22.4 Å². The van der Waals surface area contributed by atoms with Crippen molar-refractivity contribution < 1.29 is 27.1 Å². The summed E-state index contributed by atoms with van der Waals surface area (Å²) < 4.78 is 57.9. The summed E-state index contributed by atoms with van der Waals surface area (Å²) in [5.41, 5.74) is -0.672. The number of alkyl halides is 3. The van der Waals surface area contributed by atoms with Crippen LogP contribution in [0.15, 0.2) is 36.4 Å². The number of hydrogen-bond donors (Lipinski definition) is 1. The molecule has 5 nitrogen and oxygen atoms in total. The Labute approximate surface area is 166 Å². The number of rotatable bonds is 4. The fraction of sp³-hybridized carbons (Fsp3) is 0.263. The average molecular weight is 425 g/mol. The molecule has 10 heteroatoms. The standard InChI is InChI=1S/C19H15F4N3O2S/c1-28-12-3-5-15-16(7-12)29-18(25-15)26-8-10(9-26)17(27)24-11-2-4-14(20)13(6-11)19(21,22)23/h2-7,10H,8-9H2,1H3,(H,24,27). The monoisotopic (exact) mass is 425 g/mol. The number of anilines is 2. The molecule has 4 rings (SSSR count). The molecule has 29 heavy (non-hydrogen) atoms. The second-order valence-corrected chi connectivity index (χ2v) is 7.62. The van der Waals surface area contributed by atoms with Gasteiger partial charge in [-0.3, -0.25) is 4.79 Å². The third kappa shape index (κ3) is 3.84. The van der Waals surface area contributed by atoms with Gasteiger partial charge in [0, 0.05) is 18.8 Å². The van der Waals surface area contributed by atoms with Crippen LogP contribution >= 0.6 is 11.3 Å². The number of carbonyl (C=O) groups excluding carboxylic acids is 1.